The van der Waals surface area contributed by atoms with Crippen LogP contribution < -0.4 is 0 Å². The number of aliphatic hydroxyl groups excluding tert-OH is 5. The first-order valence-electron chi connectivity index (χ1n) is 10.2. The van der Waals surface area contributed by atoms with Crippen molar-refractivity contribution in [1.29, 1.82) is 0 Å². The van der Waals surface area contributed by atoms with Crippen LogP contribution in [0.1, 0.15) is 47.3 Å². The Balaban J connectivity index is 1.75. The zero-order chi connectivity index (χ0) is 21.6. The van der Waals surface area contributed by atoms with Crippen LogP contribution in [0.15, 0.2) is 36.4 Å². The van der Waals surface area contributed by atoms with Crippen molar-refractivity contribution in [3.8, 4) is 0 Å². The van der Waals surface area contributed by atoms with Crippen molar-refractivity contribution in [2.24, 2.45) is 0 Å². The highest BCUT2D eigenvalue weighted by atomic mass is 35.5. The Kier molecular flexibility index (Phi) is 5.94. The van der Waals surface area contributed by atoms with Crippen molar-refractivity contribution in [3.05, 3.63) is 69.2 Å². The molecule has 2 aromatic carbocycles. The van der Waals surface area contributed by atoms with Gasteiger partial charge in [0.1, 0.15) is 30.0 Å². The maximum atomic E-state index is 10.8. The van der Waals surface area contributed by atoms with Crippen LogP contribution in [-0.4, -0.2) is 56.6 Å². The molecule has 6 atom stereocenters. The minimum Gasteiger partial charge on any atom is -0.394 e. The van der Waals surface area contributed by atoms with E-state index in [1.807, 2.05) is 12.1 Å². The molecule has 1 aliphatic heterocycles. The van der Waals surface area contributed by atoms with Crippen molar-refractivity contribution in [3.63, 3.8) is 0 Å². The number of rotatable bonds is 4. The quantitative estimate of drug-likeness (QED) is 0.500. The van der Waals surface area contributed by atoms with Crippen molar-refractivity contribution < 1.29 is 30.3 Å². The third kappa shape index (κ3) is 3.46. The Morgan fingerprint density at radius 3 is 2.33 bits per heavy atom. The largest absolute Gasteiger partial charge is 0.394 e. The number of halogens is 1. The Hall–Kier alpha value is -1.51. The molecule has 1 unspecified atom stereocenters. The third-order valence-electron chi connectivity index (χ3n) is 6.43. The first-order valence-corrected chi connectivity index (χ1v) is 10.6. The van der Waals surface area contributed by atoms with Gasteiger partial charge in [-0.25, -0.2) is 0 Å². The fourth-order valence-electron chi connectivity index (χ4n) is 4.66. The predicted octanol–water partition coefficient (Wildman–Crippen LogP) is 1.60. The van der Waals surface area contributed by atoms with Gasteiger partial charge in [-0.2, -0.15) is 0 Å². The van der Waals surface area contributed by atoms with Crippen LogP contribution in [0.2, 0.25) is 5.02 Å². The van der Waals surface area contributed by atoms with Crippen LogP contribution in [-0.2, 0) is 23.2 Å². The van der Waals surface area contributed by atoms with Gasteiger partial charge >= 0.3 is 0 Å². The highest BCUT2D eigenvalue weighted by Crippen LogP contribution is 2.52. The van der Waals surface area contributed by atoms with Gasteiger partial charge in [-0.3, -0.25) is 0 Å². The van der Waals surface area contributed by atoms with E-state index in [-0.39, 0.29) is 6.42 Å². The first kappa shape index (κ1) is 21.7. The summed E-state index contributed by atoms with van der Waals surface area (Å²) in [5.41, 5.74) is 2.70. The van der Waals surface area contributed by atoms with E-state index >= 15 is 0 Å². The molecule has 0 aromatic heterocycles. The molecule has 7 heteroatoms. The van der Waals surface area contributed by atoms with Gasteiger partial charge in [0.2, 0.25) is 0 Å². The SMILES string of the molecule is CCc1ccc(Cc2cc3c(cc2Cl)C(O)C[C@]32O[C@H](CO)[C@@H](O)[C@H](O)[C@H]2O)cc1. The zero-order valence-electron chi connectivity index (χ0n) is 16.7. The second-order valence-corrected chi connectivity index (χ2v) is 8.66. The lowest BCUT2D eigenvalue weighted by atomic mass is 9.80. The van der Waals surface area contributed by atoms with E-state index in [0.29, 0.717) is 22.6 Å². The number of ether oxygens (including phenoxy) is 1. The first-order chi connectivity index (χ1) is 14.3. The lowest BCUT2D eigenvalue weighted by molar-refractivity contribution is -0.282. The van der Waals surface area contributed by atoms with Gasteiger partial charge in [0.15, 0.2) is 0 Å². The van der Waals surface area contributed by atoms with Crippen molar-refractivity contribution in [1.82, 2.24) is 0 Å². The minimum atomic E-state index is -1.52. The van der Waals surface area contributed by atoms with E-state index in [4.69, 9.17) is 16.3 Å². The maximum absolute atomic E-state index is 10.8. The Labute approximate surface area is 180 Å². The van der Waals surface area contributed by atoms with Crippen LogP contribution in [0.25, 0.3) is 0 Å². The highest BCUT2D eigenvalue weighted by Gasteiger charge is 2.58. The average Bonchev–Trinajstić information content (AvgIpc) is 3.01. The molecule has 1 heterocycles. The fourth-order valence-corrected chi connectivity index (χ4v) is 4.90. The smallest absolute Gasteiger partial charge is 0.125 e. The fraction of sp³-hybridized carbons (Fsp3) is 0.478. The standard InChI is InChI=1S/C23H27ClO6/c1-2-12-3-5-13(6-4-12)7-14-8-16-15(9-17(14)24)18(26)10-23(16)22(29)21(28)20(27)19(11-25)30-23/h3-6,8-9,18-22,25-29H,2,7,10-11H2,1H3/t18?,19-,20-,21+,22-,23+/m1/s1. The highest BCUT2D eigenvalue weighted by molar-refractivity contribution is 6.31. The molecule has 1 fully saturated rings. The van der Waals surface area contributed by atoms with Crippen LogP contribution >= 0.6 is 11.6 Å². The van der Waals surface area contributed by atoms with Gasteiger partial charge in [-0.15, -0.1) is 0 Å². The lowest BCUT2D eigenvalue weighted by Gasteiger charge is -2.47. The van der Waals surface area contributed by atoms with Gasteiger partial charge < -0.3 is 30.3 Å². The molecule has 30 heavy (non-hydrogen) atoms. The summed E-state index contributed by atoms with van der Waals surface area (Å²) in [6.07, 6.45) is -4.95. The number of aryl methyl sites for hydroxylation is 1. The number of hydrogen-bond acceptors (Lipinski definition) is 6. The molecular weight excluding hydrogens is 408 g/mol. The number of aliphatic hydroxyl groups is 5. The molecule has 1 aliphatic carbocycles. The summed E-state index contributed by atoms with van der Waals surface area (Å²) < 4.78 is 5.94. The summed E-state index contributed by atoms with van der Waals surface area (Å²) >= 11 is 6.51. The van der Waals surface area contributed by atoms with Gasteiger partial charge in [0.25, 0.3) is 0 Å². The zero-order valence-corrected chi connectivity index (χ0v) is 17.5. The Morgan fingerprint density at radius 1 is 1.03 bits per heavy atom. The summed E-state index contributed by atoms with van der Waals surface area (Å²) in [6.45, 7) is 1.57. The molecule has 0 bridgehead atoms. The number of fused-ring (bicyclic) bond motifs is 2. The molecule has 1 spiro atoms. The molecule has 4 rings (SSSR count). The second kappa shape index (κ2) is 8.20. The van der Waals surface area contributed by atoms with E-state index in [9.17, 15) is 25.5 Å². The van der Waals surface area contributed by atoms with E-state index in [1.165, 1.54) is 5.56 Å². The van der Waals surface area contributed by atoms with E-state index in [2.05, 4.69) is 19.1 Å². The van der Waals surface area contributed by atoms with Gasteiger partial charge in [0.05, 0.1) is 12.7 Å². The lowest BCUT2D eigenvalue weighted by Crippen LogP contribution is -2.62. The summed E-state index contributed by atoms with van der Waals surface area (Å²) in [5, 5.41) is 52.1. The van der Waals surface area contributed by atoms with E-state index < -0.39 is 42.7 Å². The summed E-state index contributed by atoms with van der Waals surface area (Å²) in [4.78, 5) is 0. The van der Waals surface area contributed by atoms with E-state index in [0.717, 1.165) is 17.5 Å². The Bertz CT molecular complexity index is 915. The maximum Gasteiger partial charge on any atom is 0.125 e. The van der Waals surface area contributed by atoms with Crippen LogP contribution in [0.4, 0.5) is 0 Å². The van der Waals surface area contributed by atoms with Gasteiger partial charge in [-0.1, -0.05) is 48.9 Å². The molecular formula is C23H27ClO6. The molecule has 0 saturated carbocycles. The second-order valence-electron chi connectivity index (χ2n) is 8.25. The average molecular weight is 435 g/mol. The molecule has 0 amide bonds. The minimum absolute atomic E-state index is 0.00520. The molecule has 1 saturated heterocycles. The number of hydrogen-bond donors (Lipinski definition) is 5. The molecule has 2 aliphatic rings. The van der Waals surface area contributed by atoms with E-state index in [1.54, 1.807) is 12.1 Å². The Morgan fingerprint density at radius 2 is 1.70 bits per heavy atom. The summed E-state index contributed by atoms with van der Waals surface area (Å²) in [5.74, 6) is 0. The molecule has 162 valence electrons. The normalized spacial score (nSPS) is 33.1. The molecule has 6 nitrogen and oxygen atoms in total. The van der Waals surface area contributed by atoms with Gasteiger partial charge in [0, 0.05) is 11.4 Å². The topological polar surface area (TPSA) is 110 Å². The number of benzene rings is 2. The van der Waals surface area contributed by atoms with Crippen LogP contribution in [0.5, 0.6) is 0 Å². The monoisotopic (exact) mass is 434 g/mol. The van der Waals surface area contributed by atoms with Crippen LogP contribution in [0, 0.1) is 0 Å². The molecule has 2 aromatic rings. The molecule has 0 radical (unpaired) electrons. The summed E-state index contributed by atoms with van der Waals surface area (Å²) in [6, 6.07) is 11.7. The van der Waals surface area contributed by atoms with Crippen molar-refractivity contribution in [2.45, 2.75) is 62.3 Å². The third-order valence-corrected chi connectivity index (χ3v) is 6.78. The van der Waals surface area contributed by atoms with Crippen LogP contribution in [0.3, 0.4) is 0 Å². The van der Waals surface area contributed by atoms with Gasteiger partial charge in [-0.05, 0) is 46.7 Å². The molecule has 5 N–H and O–H groups in total. The van der Waals surface area contributed by atoms with Crippen molar-refractivity contribution in [2.75, 3.05) is 6.61 Å². The predicted molar refractivity (Wildman–Crippen MR) is 111 cm³/mol. The summed E-state index contributed by atoms with van der Waals surface area (Å²) in [7, 11) is 0. The van der Waals surface area contributed by atoms with Crippen molar-refractivity contribution >= 4 is 11.6 Å².